The number of rotatable bonds is 2. The van der Waals surface area contributed by atoms with E-state index in [-0.39, 0.29) is 17.6 Å². The first-order valence-electron chi connectivity index (χ1n) is 6.75. The SMILES string of the molecule is Cc1cc(NC(=O)C2Cc3ccccc32)c(C)cc1O. The molecule has 3 heteroatoms. The van der Waals surface area contributed by atoms with Gasteiger partial charge in [-0.1, -0.05) is 24.3 Å². The van der Waals surface area contributed by atoms with E-state index in [4.69, 9.17) is 0 Å². The first-order valence-corrected chi connectivity index (χ1v) is 6.75. The molecule has 2 aromatic rings. The fourth-order valence-corrected chi connectivity index (χ4v) is 2.65. The largest absolute Gasteiger partial charge is 0.508 e. The number of anilines is 1. The molecule has 0 aromatic heterocycles. The normalized spacial score (nSPS) is 16.2. The topological polar surface area (TPSA) is 49.3 Å². The number of benzene rings is 2. The van der Waals surface area contributed by atoms with Crippen LogP contribution in [0.15, 0.2) is 36.4 Å². The monoisotopic (exact) mass is 267 g/mol. The average molecular weight is 267 g/mol. The zero-order valence-electron chi connectivity index (χ0n) is 11.6. The lowest BCUT2D eigenvalue weighted by molar-refractivity contribution is -0.118. The number of phenols is 1. The van der Waals surface area contributed by atoms with Crippen LogP contribution in [-0.2, 0) is 11.2 Å². The third-order valence-corrected chi connectivity index (χ3v) is 3.97. The van der Waals surface area contributed by atoms with Crippen LogP contribution in [0.4, 0.5) is 5.69 Å². The summed E-state index contributed by atoms with van der Waals surface area (Å²) in [6.07, 6.45) is 0.804. The van der Waals surface area contributed by atoms with Crippen molar-refractivity contribution in [1.29, 1.82) is 0 Å². The lowest BCUT2D eigenvalue weighted by atomic mass is 9.77. The predicted octanol–water partition coefficient (Wildman–Crippen LogP) is 3.29. The number of phenolic OH excluding ortho intramolecular Hbond substituents is 1. The Morgan fingerprint density at radius 2 is 1.95 bits per heavy atom. The van der Waals surface area contributed by atoms with E-state index in [2.05, 4.69) is 11.4 Å². The van der Waals surface area contributed by atoms with Crippen LogP contribution in [0, 0.1) is 13.8 Å². The van der Waals surface area contributed by atoms with Gasteiger partial charge in [-0.15, -0.1) is 0 Å². The van der Waals surface area contributed by atoms with Gasteiger partial charge >= 0.3 is 0 Å². The van der Waals surface area contributed by atoms with Gasteiger partial charge in [0.05, 0.1) is 5.92 Å². The van der Waals surface area contributed by atoms with E-state index in [0.717, 1.165) is 28.8 Å². The molecule has 1 aliphatic rings. The van der Waals surface area contributed by atoms with Gasteiger partial charge in [-0.25, -0.2) is 0 Å². The maximum atomic E-state index is 12.3. The smallest absolute Gasteiger partial charge is 0.232 e. The molecule has 0 fully saturated rings. The van der Waals surface area contributed by atoms with Crippen LogP contribution >= 0.6 is 0 Å². The molecule has 0 saturated heterocycles. The van der Waals surface area contributed by atoms with E-state index >= 15 is 0 Å². The quantitative estimate of drug-likeness (QED) is 0.820. The minimum absolute atomic E-state index is 0.0249. The number of aromatic hydroxyl groups is 1. The second-order valence-electron chi connectivity index (χ2n) is 5.40. The first-order chi connectivity index (χ1) is 9.56. The van der Waals surface area contributed by atoms with Crippen molar-refractivity contribution >= 4 is 11.6 Å². The highest BCUT2D eigenvalue weighted by Crippen LogP contribution is 2.36. The Kier molecular flexibility index (Phi) is 2.97. The minimum Gasteiger partial charge on any atom is -0.508 e. The summed E-state index contributed by atoms with van der Waals surface area (Å²) in [7, 11) is 0. The van der Waals surface area contributed by atoms with Crippen molar-refractivity contribution in [1.82, 2.24) is 0 Å². The van der Waals surface area contributed by atoms with Crippen molar-refractivity contribution in [3.05, 3.63) is 58.7 Å². The molecule has 3 nitrogen and oxygen atoms in total. The predicted molar refractivity (Wildman–Crippen MR) is 79.1 cm³/mol. The van der Waals surface area contributed by atoms with Gasteiger partial charge in [0.1, 0.15) is 5.75 Å². The number of hydrogen-bond donors (Lipinski definition) is 2. The Hall–Kier alpha value is -2.29. The highest BCUT2D eigenvalue weighted by Gasteiger charge is 2.31. The summed E-state index contributed by atoms with van der Waals surface area (Å²) in [5.74, 6) is 0.228. The van der Waals surface area contributed by atoms with Crippen molar-refractivity contribution in [2.45, 2.75) is 26.2 Å². The van der Waals surface area contributed by atoms with Gasteiger partial charge in [0.15, 0.2) is 0 Å². The van der Waals surface area contributed by atoms with Crippen LogP contribution in [0.25, 0.3) is 0 Å². The maximum Gasteiger partial charge on any atom is 0.232 e. The van der Waals surface area contributed by atoms with Crippen LogP contribution < -0.4 is 5.32 Å². The van der Waals surface area contributed by atoms with Crippen LogP contribution in [0.5, 0.6) is 5.75 Å². The van der Waals surface area contributed by atoms with Crippen LogP contribution in [0.2, 0.25) is 0 Å². The van der Waals surface area contributed by atoms with Crippen molar-refractivity contribution in [2.75, 3.05) is 5.32 Å². The summed E-state index contributed by atoms with van der Waals surface area (Å²) in [6.45, 7) is 3.70. The molecule has 2 N–H and O–H groups in total. The van der Waals surface area contributed by atoms with E-state index < -0.39 is 0 Å². The molecule has 1 atom stereocenters. The number of hydrogen-bond acceptors (Lipinski definition) is 2. The molecule has 0 radical (unpaired) electrons. The van der Waals surface area contributed by atoms with Gasteiger partial charge in [0.2, 0.25) is 5.91 Å². The Morgan fingerprint density at radius 3 is 2.70 bits per heavy atom. The van der Waals surface area contributed by atoms with Crippen molar-refractivity contribution in [3.8, 4) is 5.75 Å². The molecule has 0 aliphatic heterocycles. The molecule has 1 unspecified atom stereocenters. The average Bonchev–Trinajstić information content (AvgIpc) is 2.37. The molecule has 2 aromatic carbocycles. The van der Waals surface area contributed by atoms with Gasteiger partial charge in [-0.3, -0.25) is 4.79 Å². The Morgan fingerprint density at radius 1 is 1.20 bits per heavy atom. The molecular formula is C17H17NO2. The molecule has 1 amide bonds. The standard InChI is InChI=1S/C17H17NO2/c1-10-8-16(19)11(2)7-15(10)18-17(20)14-9-12-5-3-4-6-13(12)14/h3-8,14,19H,9H2,1-2H3,(H,18,20). The maximum absolute atomic E-state index is 12.3. The number of nitrogens with one attached hydrogen (secondary N) is 1. The summed E-state index contributed by atoms with van der Waals surface area (Å²) < 4.78 is 0. The van der Waals surface area contributed by atoms with Crippen LogP contribution in [0.3, 0.4) is 0 Å². The second kappa shape index (κ2) is 4.67. The third kappa shape index (κ3) is 2.05. The van der Waals surface area contributed by atoms with Crippen LogP contribution in [0.1, 0.15) is 28.2 Å². The first kappa shape index (κ1) is 12.7. The molecular weight excluding hydrogens is 250 g/mol. The van der Waals surface area contributed by atoms with Gasteiger partial charge in [0.25, 0.3) is 0 Å². The van der Waals surface area contributed by atoms with Gasteiger partial charge in [-0.2, -0.15) is 0 Å². The fraction of sp³-hybridized carbons (Fsp3) is 0.235. The number of fused-ring (bicyclic) bond motifs is 1. The molecule has 0 saturated carbocycles. The number of aryl methyl sites for hydroxylation is 2. The minimum atomic E-state index is -0.0558. The zero-order chi connectivity index (χ0) is 14.3. The third-order valence-electron chi connectivity index (χ3n) is 3.97. The molecule has 102 valence electrons. The molecule has 0 spiro atoms. The van der Waals surface area contributed by atoms with Crippen molar-refractivity contribution in [2.24, 2.45) is 0 Å². The van der Waals surface area contributed by atoms with E-state index in [0.29, 0.717) is 0 Å². The second-order valence-corrected chi connectivity index (χ2v) is 5.40. The molecule has 0 heterocycles. The highest BCUT2D eigenvalue weighted by molar-refractivity contribution is 5.98. The zero-order valence-corrected chi connectivity index (χ0v) is 11.6. The van der Waals surface area contributed by atoms with Gasteiger partial charge in [0, 0.05) is 5.69 Å². The fourth-order valence-electron chi connectivity index (χ4n) is 2.65. The summed E-state index contributed by atoms with van der Waals surface area (Å²) in [4.78, 5) is 12.3. The number of carbonyl (C=O) groups is 1. The van der Waals surface area contributed by atoms with Gasteiger partial charge < -0.3 is 10.4 Å². The summed E-state index contributed by atoms with van der Waals surface area (Å²) >= 11 is 0. The van der Waals surface area contributed by atoms with Gasteiger partial charge in [-0.05, 0) is 54.7 Å². The van der Waals surface area contributed by atoms with E-state index in [1.165, 1.54) is 5.56 Å². The summed E-state index contributed by atoms with van der Waals surface area (Å²) in [5.41, 5.74) is 4.79. The van der Waals surface area contributed by atoms with Crippen molar-refractivity contribution < 1.29 is 9.90 Å². The van der Waals surface area contributed by atoms with E-state index in [9.17, 15) is 9.90 Å². The van der Waals surface area contributed by atoms with E-state index in [1.54, 1.807) is 6.07 Å². The molecule has 0 bridgehead atoms. The molecule has 20 heavy (non-hydrogen) atoms. The summed E-state index contributed by atoms with van der Waals surface area (Å²) in [6, 6.07) is 11.5. The Bertz CT molecular complexity index is 691. The Balaban J connectivity index is 1.80. The number of amides is 1. The highest BCUT2D eigenvalue weighted by atomic mass is 16.3. The molecule has 3 rings (SSSR count). The number of carbonyl (C=O) groups excluding carboxylic acids is 1. The lowest BCUT2D eigenvalue weighted by Gasteiger charge is -2.29. The summed E-state index contributed by atoms with van der Waals surface area (Å²) in [5, 5.41) is 12.6. The van der Waals surface area contributed by atoms with Crippen molar-refractivity contribution in [3.63, 3.8) is 0 Å². The van der Waals surface area contributed by atoms with E-state index in [1.807, 2.05) is 38.1 Å². The Labute approximate surface area is 118 Å². The van der Waals surface area contributed by atoms with Crippen LogP contribution in [-0.4, -0.2) is 11.0 Å². The lowest BCUT2D eigenvalue weighted by Crippen LogP contribution is -2.30. The molecule has 1 aliphatic carbocycles.